The summed E-state index contributed by atoms with van der Waals surface area (Å²) in [5.74, 6) is 0.788. The predicted molar refractivity (Wildman–Crippen MR) is 131 cm³/mol. The van der Waals surface area contributed by atoms with Gasteiger partial charge in [0.05, 0.1) is 18.3 Å². The second-order valence-electron chi connectivity index (χ2n) is 8.68. The van der Waals surface area contributed by atoms with Crippen LogP contribution in [0.25, 0.3) is 0 Å². The van der Waals surface area contributed by atoms with Crippen molar-refractivity contribution in [2.24, 2.45) is 0 Å². The lowest BCUT2D eigenvalue weighted by molar-refractivity contribution is 0.0730. The topological polar surface area (TPSA) is 50.2 Å². The van der Waals surface area contributed by atoms with Crippen molar-refractivity contribution in [2.75, 3.05) is 5.32 Å². The van der Waals surface area contributed by atoms with Crippen LogP contribution >= 0.6 is 0 Å². The monoisotopic (exact) mass is 436 g/mol. The summed E-state index contributed by atoms with van der Waals surface area (Å²) in [7, 11) is 0. The Morgan fingerprint density at radius 1 is 0.909 bits per heavy atom. The first-order valence-corrected chi connectivity index (χ1v) is 11.4. The summed E-state index contributed by atoms with van der Waals surface area (Å²) >= 11 is 0. The van der Waals surface area contributed by atoms with Gasteiger partial charge in [-0.1, -0.05) is 91.0 Å². The molecule has 5 heteroatoms. The number of carbonyl (C=O) groups is 1. The van der Waals surface area contributed by atoms with Crippen LogP contribution < -0.4 is 5.32 Å². The quantitative estimate of drug-likeness (QED) is 0.413. The average molecular weight is 437 g/mol. The summed E-state index contributed by atoms with van der Waals surface area (Å²) in [6.45, 7) is 3.24. The standard InChI is InChI=1S/C28H28N4O/c1-21-17-26(24-15-9-4-10-16-24)30-27-25(18-29-32(21)27)28(33)31(19-22-11-5-2-6-12-22)20-23-13-7-3-8-14-23/h2-16,18,21,26,30H,17,19-20H2,1H3. The maximum atomic E-state index is 13.9. The Kier molecular flexibility index (Phi) is 5.94. The van der Waals surface area contributed by atoms with Gasteiger partial charge < -0.3 is 10.2 Å². The van der Waals surface area contributed by atoms with Gasteiger partial charge >= 0.3 is 0 Å². The minimum absolute atomic E-state index is 0.0163. The summed E-state index contributed by atoms with van der Waals surface area (Å²) in [5, 5.41) is 8.20. The fourth-order valence-electron chi connectivity index (χ4n) is 4.54. The summed E-state index contributed by atoms with van der Waals surface area (Å²) in [6.07, 6.45) is 2.64. The van der Waals surface area contributed by atoms with Gasteiger partial charge in [0.1, 0.15) is 11.4 Å². The van der Waals surface area contributed by atoms with Gasteiger partial charge in [0.2, 0.25) is 0 Å². The zero-order chi connectivity index (χ0) is 22.6. The van der Waals surface area contributed by atoms with E-state index < -0.39 is 0 Å². The molecular formula is C28H28N4O. The van der Waals surface area contributed by atoms with Crippen molar-refractivity contribution in [3.63, 3.8) is 0 Å². The molecule has 1 amide bonds. The first kappa shape index (κ1) is 21.0. The van der Waals surface area contributed by atoms with Gasteiger partial charge in [0.25, 0.3) is 5.91 Å². The molecule has 0 fully saturated rings. The third-order valence-corrected chi connectivity index (χ3v) is 6.25. The van der Waals surface area contributed by atoms with E-state index in [0.29, 0.717) is 18.7 Å². The SMILES string of the molecule is CC1CC(c2ccccc2)Nc2c(C(=O)N(Cc3ccccc3)Cc3ccccc3)cnn21. The molecule has 2 heterocycles. The molecule has 5 nitrogen and oxygen atoms in total. The summed E-state index contributed by atoms with van der Waals surface area (Å²) in [4.78, 5) is 15.8. The van der Waals surface area contributed by atoms with Crippen molar-refractivity contribution in [3.8, 4) is 0 Å². The van der Waals surface area contributed by atoms with Crippen molar-refractivity contribution in [2.45, 2.75) is 38.5 Å². The second-order valence-corrected chi connectivity index (χ2v) is 8.68. The fraction of sp³-hybridized carbons (Fsp3) is 0.214. The second kappa shape index (κ2) is 9.33. The van der Waals surface area contributed by atoms with E-state index >= 15 is 0 Å². The molecule has 0 spiro atoms. The van der Waals surface area contributed by atoms with Crippen LogP contribution in [0.3, 0.4) is 0 Å². The van der Waals surface area contributed by atoms with Crippen LogP contribution in [0.4, 0.5) is 5.82 Å². The summed E-state index contributed by atoms with van der Waals surface area (Å²) in [5.41, 5.74) is 4.05. The number of fused-ring (bicyclic) bond motifs is 1. The molecule has 1 aliphatic heterocycles. The Morgan fingerprint density at radius 2 is 1.45 bits per heavy atom. The summed E-state index contributed by atoms with van der Waals surface area (Å²) < 4.78 is 1.95. The van der Waals surface area contributed by atoms with Crippen LogP contribution in [0, 0.1) is 0 Å². The van der Waals surface area contributed by atoms with E-state index in [9.17, 15) is 4.79 Å². The van der Waals surface area contributed by atoms with Gasteiger partial charge in [-0.05, 0) is 30.0 Å². The molecule has 0 saturated heterocycles. The zero-order valence-electron chi connectivity index (χ0n) is 18.8. The lowest BCUT2D eigenvalue weighted by atomic mass is 9.98. The van der Waals surface area contributed by atoms with Gasteiger partial charge in [-0.3, -0.25) is 4.79 Å². The minimum atomic E-state index is -0.0163. The van der Waals surface area contributed by atoms with Crippen molar-refractivity contribution >= 4 is 11.7 Å². The molecule has 3 aromatic carbocycles. The molecular weight excluding hydrogens is 408 g/mol. The third kappa shape index (κ3) is 4.53. The van der Waals surface area contributed by atoms with Gasteiger partial charge in [-0.2, -0.15) is 5.10 Å². The number of hydrogen-bond acceptors (Lipinski definition) is 3. The van der Waals surface area contributed by atoms with E-state index in [1.165, 1.54) is 5.56 Å². The van der Waals surface area contributed by atoms with Crippen molar-refractivity contribution in [1.29, 1.82) is 0 Å². The van der Waals surface area contributed by atoms with Crippen LogP contribution in [-0.2, 0) is 13.1 Å². The van der Waals surface area contributed by atoms with E-state index in [1.54, 1.807) is 6.20 Å². The van der Waals surface area contributed by atoms with Crippen LogP contribution in [0.2, 0.25) is 0 Å². The van der Waals surface area contributed by atoms with Gasteiger partial charge in [0, 0.05) is 13.1 Å². The molecule has 4 aromatic rings. The van der Waals surface area contributed by atoms with E-state index in [1.807, 2.05) is 52.0 Å². The number of carbonyl (C=O) groups excluding carboxylic acids is 1. The highest BCUT2D eigenvalue weighted by molar-refractivity contribution is 5.99. The largest absolute Gasteiger partial charge is 0.363 e. The van der Waals surface area contributed by atoms with Gasteiger partial charge in [0.15, 0.2) is 0 Å². The van der Waals surface area contributed by atoms with E-state index in [4.69, 9.17) is 0 Å². The molecule has 5 rings (SSSR count). The van der Waals surface area contributed by atoms with E-state index in [-0.39, 0.29) is 18.0 Å². The molecule has 0 saturated carbocycles. The Morgan fingerprint density at radius 3 is 2.03 bits per heavy atom. The average Bonchev–Trinajstić information content (AvgIpc) is 3.30. The fourth-order valence-corrected chi connectivity index (χ4v) is 4.54. The van der Waals surface area contributed by atoms with Crippen molar-refractivity contribution < 1.29 is 4.79 Å². The molecule has 0 aliphatic carbocycles. The molecule has 1 aromatic heterocycles. The molecule has 2 atom stereocenters. The maximum Gasteiger partial charge on any atom is 0.259 e. The van der Waals surface area contributed by atoms with Crippen LogP contribution in [0.1, 0.15) is 52.5 Å². The number of aromatic nitrogens is 2. The van der Waals surface area contributed by atoms with Crippen LogP contribution in [0.5, 0.6) is 0 Å². The summed E-state index contributed by atoms with van der Waals surface area (Å²) in [6, 6.07) is 31.0. The number of nitrogens with one attached hydrogen (secondary N) is 1. The minimum Gasteiger partial charge on any atom is -0.363 e. The number of hydrogen-bond donors (Lipinski definition) is 1. The molecule has 1 N–H and O–H groups in total. The first-order valence-electron chi connectivity index (χ1n) is 11.4. The van der Waals surface area contributed by atoms with Gasteiger partial charge in [-0.25, -0.2) is 4.68 Å². The Balaban J connectivity index is 1.46. The normalized spacial score (nSPS) is 17.1. The highest BCUT2D eigenvalue weighted by Gasteiger charge is 2.31. The molecule has 0 bridgehead atoms. The number of benzene rings is 3. The molecule has 166 valence electrons. The molecule has 2 unspecified atom stereocenters. The highest BCUT2D eigenvalue weighted by Crippen LogP contribution is 2.36. The van der Waals surface area contributed by atoms with Gasteiger partial charge in [-0.15, -0.1) is 0 Å². The smallest absolute Gasteiger partial charge is 0.259 e. The first-order chi connectivity index (χ1) is 16.2. The molecule has 0 radical (unpaired) electrons. The third-order valence-electron chi connectivity index (χ3n) is 6.25. The van der Waals surface area contributed by atoms with Crippen molar-refractivity contribution in [1.82, 2.24) is 14.7 Å². The number of anilines is 1. The van der Waals surface area contributed by atoms with Crippen molar-refractivity contribution in [3.05, 3.63) is 119 Å². The number of amides is 1. The Bertz CT molecular complexity index is 1160. The van der Waals surface area contributed by atoms with E-state index in [0.717, 1.165) is 23.4 Å². The lowest BCUT2D eigenvalue weighted by Crippen LogP contribution is -2.32. The highest BCUT2D eigenvalue weighted by atomic mass is 16.2. The number of rotatable bonds is 6. The zero-order valence-corrected chi connectivity index (χ0v) is 18.8. The van der Waals surface area contributed by atoms with E-state index in [2.05, 4.69) is 65.9 Å². The Labute approximate surface area is 194 Å². The Hall–Kier alpha value is -3.86. The molecule has 33 heavy (non-hydrogen) atoms. The lowest BCUT2D eigenvalue weighted by Gasteiger charge is -2.32. The predicted octanol–water partition coefficient (Wildman–Crippen LogP) is 5.84. The maximum absolute atomic E-state index is 13.9. The van der Waals surface area contributed by atoms with Crippen LogP contribution in [0.15, 0.2) is 97.2 Å². The number of nitrogens with zero attached hydrogens (tertiary/aromatic N) is 3. The van der Waals surface area contributed by atoms with Crippen LogP contribution in [-0.4, -0.2) is 20.6 Å². The molecule has 1 aliphatic rings.